The van der Waals surface area contributed by atoms with Gasteiger partial charge < -0.3 is 19.7 Å². The molecule has 4 rings (SSSR count). The predicted molar refractivity (Wildman–Crippen MR) is 85.6 cm³/mol. The summed E-state index contributed by atoms with van der Waals surface area (Å²) in [7, 11) is 0. The Morgan fingerprint density at radius 2 is 2.09 bits per heavy atom. The molecule has 23 heavy (non-hydrogen) atoms. The van der Waals surface area contributed by atoms with Crippen LogP contribution in [0.4, 0.5) is 4.79 Å². The SMILES string of the molecule is O=C(NCc1ccc2c(c1)OCO2)N1CCN2CCCCC2C1. The summed E-state index contributed by atoms with van der Waals surface area (Å²) < 4.78 is 10.7. The van der Waals surface area contributed by atoms with Crippen LogP contribution in [0.25, 0.3) is 0 Å². The van der Waals surface area contributed by atoms with Crippen LogP contribution in [-0.2, 0) is 6.54 Å². The summed E-state index contributed by atoms with van der Waals surface area (Å²) in [5.41, 5.74) is 1.03. The van der Waals surface area contributed by atoms with E-state index >= 15 is 0 Å². The molecule has 2 fully saturated rings. The van der Waals surface area contributed by atoms with Gasteiger partial charge in [0.25, 0.3) is 0 Å². The van der Waals surface area contributed by atoms with Gasteiger partial charge in [-0.25, -0.2) is 4.79 Å². The number of amides is 2. The monoisotopic (exact) mass is 317 g/mol. The zero-order valence-electron chi connectivity index (χ0n) is 13.3. The van der Waals surface area contributed by atoms with E-state index in [1.165, 1.54) is 25.8 Å². The number of piperidine rings is 1. The van der Waals surface area contributed by atoms with Gasteiger partial charge in [-0.3, -0.25) is 4.90 Å². The van der Waals surface area contributed by atoms with Gasteiger partial charge in [-0.15, -0.1) is 0 Å². The fourth-order valence-electron chi connectivity index (χ4n) is 3.68. The molecule has 1 aromatic rings. The van der Waals surface area contributed by atoms with Crippen molar-refractivity contribution < 1.29 is 14.3 Å². The summed E-state index contributed by atoms with van der Waals surface area (Å²) in [6, 6.07) is 6.38. The molecule has 2 amide bonds. The first-order chi connectivity index (χ1) is 11.3. The zero-order valence-corrected chi connectivity index (χ0v) is 13.3. The predicted octanol–water partition coefficient (Wildman–Crippen LogP) is 1.79. The van der Waals surface area contributed by atoms with E-state index in [4.69, 9.17) is 9.47 Å². The van der Waals surface area contributed by atoms with Gasteiger partial charge in [0.05, 0.1) is 0 Å². The minimum absolute atomic E-state index is 0.0351. The Kier molecular flexibility index (Phi) is 3.99. The van der Waals surface area contributed by atoms with E-state index in [0.717, 1.165) is 36.7 Å². The number of carbonyl (C=O) groups excluding carboxylic acids is 1. The molecule has 0 spiro atoms. The highest BCUT2D eigenvalue weighted by Gasteiger charge is 2.30. The summed E-state index contributed by atoms with van der Waals surface area (Å²) in [6.07, 6.45) is 3.80. The van der Waals surface area contributed by atoms with E-state index < -0.39 is 0 Å². The highest BCUT2D eigenvalue weighted by Crippen LogP contribution is 2.32. The van der Waals surface area contributed by atoms with E-state index in [1.54, 1.807) is 0 Å². The second-order valence-corrected chi connectivity index (χ2v) is 6.48. The average molecular weight is 317 g/mol. The Morgan fingerprint density at radius 3 is 3.04 bits per heavy atom. The van der Waals surface area contributed by atoms with Gasteiger partial charge >= 0.3 is 6.03 Å². The third kappa shape index (κ3) is 3.08. The van der Waals surface area contributed by atoms with E-state index in [-0.39, 0.29) is 12.8 Å². The van der Waals surface area contributed by atoms with Gasteiger partial charge in [0.15, 0.2) is 11.5 Å². The van der Waals surface area contributed by atoms with Gasteiger partial charge in [-0.05, 0) is 37.1 Å². The molecule has 3 aliphatic heterocycles. The lowest BCUT2D eigenvalue weighted by molar-refractivity contribution is 0.0643. The van der Waals surface area contributed by atoms with E-state index in [9.17, 15) is 4.79 Å². The minimum Gasteiger partial charge on any atom is -0.454 e. The first kappa shape index (κ1) is 14.6. The highest BCUT2D eigenvalue weighted by molar-refractivity contribution is 5.74. The Balaban J connectivity index is 1.31. The molecule has 2 saturated heterocycles. The van der Waals surface area contributed by atoms with Crippen LogP contribution < -0.4 is 14.8 Å². The van der Waals surface area contributed by atoms with Gasteiger partial charge in [0, 0.05) is 32.2 Å². The Morgan fingerprint density at radius 1 is 1.17 bits per heavy atom. The fourth-order valence-corrected chi connectivity index (χ4v) is 3.68. The number of nitrogens with one attached hydrogen (secondary N) is 1. The van der Waals surface area contributed by atoms with Crippen LogP contribution in [0.2, 0.25) is 0 Å². The number of nitrogens with zero attached hydrogens (tertiary/aromatic N) is 2. The normalized spacial score (nSPS) is 23.5. The summed E-state index contributed by atoms with van der Waals surface area (Å²) in [5.74, 6) is 1.53. The van der Waals surface area contributed by atoms with Crippen molar-refractivity contribution in [3.8, 4) is 11.5 Å². The Bertz CT molecular complexity index is 592. The summed E-state index contributed by atoms with van der Waals surface area (Å²) in [4.78, 5) is 16.9. The van der Waals surface area contributed by atoms with Crippen molar-refractivity contribution in [3.05, 3.63) is 23.8 Å². The number of fused-ring (bicyclic) bond motifs is 2. The number of benzene rings is 1. The van der Waals surface area contributed by atoms with Crippen LogP contribution >= 0.6 is 0 Å². The van der Waals surface area contributed by atoms with Crippen molar-refractivity contribution in [2.24, 2.45) is 0 Å². The van der Waals surface area contributed by atoms with E-state index in [1.807, 2.05) is 23.1 Å². The molecule has 0 aliphatic carbocycles. The molecule has 3 heterocycles. The maximum absolute atomic E-state index is 12.4. The highest BCUT2D eigenvalue weighted by atomic mass is 16.7. The van der Waals surface area contributed by atoms with Crippen molar-refractivity contribution in [1.82, 2.24) is 15.1 Å². The lowest BCUT2D eigenvalue weighted by Crippen LogP contribution is -2.57. The summed E-state index contributed by atoms with van der Waals surface area (Å²) >= 11 is 0. The molecule has 1 atom stereocenters. The van der Waals surface area contributed by atoms with Crippen LogP contribution in [0.1, 0.15) is 24.8 Å². The van der Waals surface area contributed by atoms with Crippen LogP contribution in [0.5, 0.6) is 11.5 Å². The van der Waals surface area contributed by atoms with Crippen molar-refractivity contribution in [3.63, 3.8) is 0 Å². The van der Waals surface area contributed by atoms with Gasteiger partial charge in [0.1, 0.15) is 0 Å². The van der Waals surface area contributed by atoms with E-state index in [0.29, 0.717) is 12.6 Å². The smallest absolute Gasteiger partial charge is 0.317 e. The molecule has 1 N–H and O–H groups in total. The van der Waals surface area contributed by atoms with Crippen molar-refractivity contribution in [2.75, 3.05) is 33.0 Å². The first-order valence-electron chi connectivity index (χ1n) is 8.45. The molecule has 0 aromatic heterocycles. The summed E-state index contributed by atoms with van der Waals surface area (Å²) in [6.45, 7) is 4.66. The first-order valence-corrected chi connectivity index (χ1v) is 8.45. The number of ether oxygens (including phenoxy) is 2. The molecular weight excluding hydrogens is 294 g/mol. The number of rotatable bonds is 2. The molecule has 6 heteroatoms. The summed E-state index contributed by atoms with van der Waals surface area (Å²) in [5, 5.41) is 3.03. The van der Waals surface area contributed by atoms with Crippen molar-refractivity contribution >= 4 is 6.03 Å². The number of carbonyl (C=O) groups is 1. The average Bonchev–Trinajstić information content (AvgIpc) is 3.07. The lowest BCUT2D eigenvalue weighted by atomic mass is 10.00. The molecule has 6 nitrogen and oxygen atoms in total. The zero-order chi connectivity index (χ0) is 15.6. The van der Waals surface area contributed by atoms with Gasteiger partial charge in [-0.2, -0.15) is 0 Å². The van der Waals surface area contributed by atoms with Gasteiger partial charge in [0.2, 0.25) is 6.79 Å². The minimum atomic E-state index is 0.0351. The fraction of sp³-hybridized carbons (Fsp3) is 0.588. The van der Waals surface area contributed by atoms with Crippen molar-refractivity contribution in [2.45, 2.75) is 31.8 Å². The molecule has 1 unspecified atom stereocenters. The van der Waals surface area contributed by atoms with Crippen LogP contribution in [0.3, 0.4) is 0 Å². The van der Waals surface area contributed by atoms with Crippen LogP contribution in [0.15, 0.2) is 18.2 Å². The lowest BCUT2D eigenvalue weighted by Gasteiger charge is -2.43. The quantitative estimate of drug-likeness (QED) is 0.904. The largest absolute Gasteiger partial charge is 0.454 e. The topological polar surface area (TPSA) is 54.0 Å². The molecule has 0 radical (unpaired) electrons. The number of urea groups is 1. The third-order valence-corrected chi connectivity index (χ3v) is 5.01. The van der Waals surface area contributed by atoms with Crippen molar-refractivity contribution in [1.29, 1.82) is 0 Å². The maximum atomic E-state index is 12.4. The molecule has 124 valence electrons. The molecule has 0 bridgehead atoms. The second-order valence-electron chi connectivity index (χ2n) is 6.48. The number of piperazine rings is 1. The molecule has 0 saturated carbocycles. The molecule has 1 aromatic carbocycles. The second kappa shape index (κ2) is 6.28. The Labute approximate surface area is 136 Å². The third-order valence-electron chi connectivity index (χ3n) is 5.01. The number of hydrogen-bond donors (Lipinski definition) is 1. The Hall–Kier alpha value is -1.95. The number of hydrogen-bond acceptors (Lipinski definition) is 4. The molecule has 3 aliphatic rings. The van der Waals surface area contributed by atoms with Crippen LogP contribution in [0, 0.1) is 0 Å². The van der Waals surface area contributed by atoms with E-state index in [2.05, 4.69) is 10.2 Å². The maximum Gasteiger partial charge on any atom is 0.317 e. The van der Waals surface area contributed by atoms with Crippen LogP contribution in [-0.4, -0.2) is 54.8 Å². The molecular formula is C17H23N3O3. The van der Waals surface area contributed by atoms with Gasteiger partial charge in [-0.1, -0.05) is 12.5 Å². The standard InChI is InChI=1S/C17H23N3O3/c21-17(20-8-7-19-6-2-1-3-14(19)11-20)18-10-13-4-5-15-16(9-13)23-12-22-15/h4-5,9,14H,1-3,6-8,10-12H2,(H,18,21).